The van der Waals surface area contributed by atoms with Crippen molar-refractivity contribution < 1.29 is 9.47 Å². The number of nitrogens with one attached hydrogen (secondary N) is 1. The van der Waals surface area contributed by atoms with Crippen molar-refractivity contribution in [3.63, 3.8) is 0 Å². The minimum absolute atomic E-state index is 0.123. The summed E-state index contributed by atoms with van der Waals surface area (Å²) in [6, 6.07) is 0.123. The number of hydrogen-bond acceptors (Lipinski definition) is 5. The van der Waals surface area contributed by atoms with E-state index in [1.807, 2.05) is 0 Å². The van der Waals surface area contributed by atoms with Crippen LogP contribution >= 0.6 is 0 Å². The third kappa shape index (κ3) is 4.67. The van der Waals surface area contributed by atoms with E-state index in [0.29, 0.717) is 11.8 Å². The summed E-state index contributed by atoms with van der Waals surface area (Å²) in [6.07, 6.45) is 2.59. The van der Waals surface area contributed by atoms with Gasteiger partial charge in [-0.15, -0.1) is 0 Å². The first-order valence-corrected chi connectivity index (χ1v) is 6.59. The summed E-state index contributed by atoms with van der Waals surface area (Å²) in [5.74, 6) is 0.987. The van der Waals surface area contributed by atoms with Gasteiger partial charge in [-0.3, -0.25) is 0 Å². The zero-order valence-corrected chi connectivity index (χ0v) is 12.8. The molecule has 0 aliphatic carbocycles. The minimum Gasteiger partial charge on any atom is -0.480 e. The Bertz CT molecular complexity index is 402. The summed E-state index contributed by atoms with van der Waals surface area (Å²) in [5, 5.41) is 3.44. The Balaban J connectivity index is 3.07. The Labute approximate surface area is 115 Å². The average Bonchev–Trinajstić information content (AvgIpc) is 2.36. The molecule has 5 heteroatoms. The van der Waals surface area contributed by atoms with Crippen molar-refractivity contribution >= 4 is 0 Å². The molecule has 19 heavy (non-hydrogen) atoms. The first-order valence-electron chi connectivity index (χ1n) is 6.59. The molecule has 5 nitrogen and oxygen atoms in total. The van der Waals surface area contributed by atoms with E-state index >= 15 is 0 Å². The third-order valence-corrected chi connectivity index (χ3v) is 2.74. The second-order valence-electron chi connectivity index (χ2n) is 5.68. The summed E-state index contributed by atoms with van der Waals surface area (Å²) in [4.78, 5) is 8.74. The summed E-state index contributed by atoms with van der Waals surface area (Å²) in [7, 11) is 3.17. The maximum absolute atomic E-state index is 5.34. The van der Waals surface area contributed by atoms with Crippen LogP contribution in [-0.2, 0) is 0 Å². The van der Waals surface area contributed by atoms with Crippen LogP contribution in [0.1, 0.15) is 45.9 Å². The smallest absolute Gasteiger partial charge is 0.240 e. The quantitative estimate of drug-likeness (QED) is 0.858. The molecule has 0 amide bonds. The molecule has 1 rings (SSSR count). The fraction of sp³-hybridized carbons (Fsp3) is 0.714. The Hall–Kier alpha value is -1.36. The molecule has 1 aromatic heterocycles. The van der Waals surface area contributed by atoms with Gasteiger partial charge in [0, 0.05) is 0 Å². The number of methoxy groups -OCH3 is 2. The fourth-order valence-electron chi connectivity index (χ4n) is 1.98. The molecule has 1 heterocycles. The lowest BCUT2D eigenvalue weighted by Crippen LogP contribution is -2.27. The molecule has 0 fully saturated rings. The first-order chi connectivity index (χ1) is 8.91. The van der Waals surface area contributed by atoms with Crippen molar-refractivity contribution in [1.82, 2.24) is 15.3 Å². The number of ether oxygens (including phenoxy) is 2. The lowest BCUT2D eigenvalue weighted by atomic mass is 9.87. The number of aromatic nitrogens is 2. The zero-order valence-electron chi connectivity index (χ0n) is 12.8. The molecule has 0 aliphatic rings. The molecule has 108 valence electrons. The topological polar surface area (TPSA) is 56.3 Å². The van der Waals surface area contributed by atoms with Crippen molar-refractivity contribution in [3.05, 3.63) is 11.9 Å². The van der Waals surface area contributed by atoms with Crippen LogP contribution in [-0.4, -0.2) is 30.7 Å². The summed E-state index contributed by atoms with van der Waals surface area (Å²) < 4.78 is 10.4. The molecule has 0 saturated heterocycles. The van der Waals surface area contributed by atoms with Gasteiger partial charge < -0.3 is 14.8 Å². The van der Waals surface area contributed by atoms with E-state index in [-0.39, 0.29) is 11.5 Å². The molecule has 0 bridgehead atoms. The Kier molecular flexibility index (Phi) is 5.54. The molecule has 0 aromatic carbocycles. The summed E-state index contributed by atoms with van der Waals surface area (Å²) in [6.45, 7) is 9.58. The number of hydrogen-bond donors (Lipinski definition) is 1. The second kappa shape index (κ2) is 6.70. The van der Waals surface area contributed by atoms with Crippen molar-refractivity contribution in [2.24, 2.45) is 5.41 Å². The van der Waals surface area contributed by atoms with Crippen molar-refractivity contribution in [3.8, 4) is 11.8 Å². The normalized spacial score (nSPS) is 13.2. The lowest BCUT2D eigenvalue weighted by molar-refractivity contribution is 0.296. The van der Waals surface area contributed by atoms with Crippen LogP contribution in [0.3, 0.4) is 0 Å². The third-order valence-electron chi connectivity index (χ3n) is 2.74. The Morgan fingerprint density at radius 1 is 1.26 bits per heavy atom. The van der Waals surface area contributed by atoms with E-state index in [9.17, 15) is 0 Å². The van der Waals surface area contributed by atoms with Gasteiger partial charge >= 0.3 is 0 Å². The van der Waals surface area contributed by atoms with Gasteiger partial charge in [0.05, 0.1) is 26.5 Å². The van der Waals surface area contributed by atoms with Crippen LogP contribution in [0.4, 0.5) is 0 Å². The fourth-order valence-corrected chi connectivity index (χ4v) is 1.98. The van der Waals surface area contributed by atoms with Gasteiger partial charge in [-0.05, 0) is 18.4 Å². The second-order valence-corrected chi connectivity index (χ2v) is 5.68. The van der Waals surface area contributed by atoms with Crippen LogP contribution in [0, 0.1) is 5.41 Å². The van der Waals surface area contributed by atoms with Gasteiger partial charge in [0.2, 0.25) is 11.8 Å². The monoisotopic (exact) mass is 267 g/mol. The predicted octanol–water partition coefficient (Wildman–Crippen LogP) is 2.58. The largest absolute Gasteiger partial charge is 0.480 e. The molecular formula is C14H25N3O2. The Morgan fingerprint density at radius 3 is 2.42 bits per heavy atom. The minimum atomic E-state index is 0.123. The first kappa shape index (κ1) is 15.7. The van der Waals surface area contributed by atoms with E-state index in [1.165, 1.54) is 0 Å². The van der Waals surface area contributed by atoms with Gasteiger partial charge in [0.15, 0.2) is 0 Å². The zero-order chi connectivity index (χ0) is 14.5. The van der Waals surface area contributed by atoms with Crippen molar-refractivity contribution in [2.75, 3.05) is 20.8 Å². The van der Waals surface area contributed by atoms with Crippen LogP contribution in [0.5, 0.6) is 11.8 Å². The molecular weight excluding hydrogens is 242 g/mol. The van der Waals surface area contributed by atoms with Gasteiger partial charge in [-0.1, -0.05) is 27.7 Å². The molecule has 1 N–H and O–H groups in total. The maximum Gasteiger partial charge on any atom is 0.240 e. The van der Waals surface area contributed by atoms with E-state index in [1.54, 1.807) is 20.4 Å². The standard InChI is InChI=1S/C14H25N3O2/c1-7-15-10(8-14(2,3)4)12-13(19-6)17-11(18-5)9-16-12/h9-10,15H,7-8H2,1-6H3. The Morgan fingerprint density at radius 2 is 1.95 bits per heavy atom. The van der Waals surface area contributed by atoms with E-state index in [4.69, 9.17) is 9.47 Å². The summed E-state index contributed by atoms with van der Waals surface area (Å²) >= 11 is 0. The SMILES string of the molecule is CCNC(CC(C)(C)C)c1ncc(OC)nc1OC. The molecule has 0 spiro atoms. The highest BCUT2D eigenvalue weighted by Crippen LogP contribution is 2.32. The van der Waals surface area contributed by atoms with Crippen molar-refractivity contribution in [1.29, 1.82) is 0 Å². The average molecular weight is 267 g/mol. The van der Waals surface area contributed by atoms with Gasteiger partial charge in [-0.2, -0.15) is 4.98 Å². The molecule has 0 radical (unpaired) electrons. The number of nitrogens with zero attached hydrogens (tertiary/aromatic N) is 2. The number of rotatable bonds is 6. The molecule has 0 saturated carbocycles. The van der Waals surface area contributed by atoms with Crippen molar-refractivity contribution in [2.45, 2.75) is 40.2 Å². The molecule has 1 aromatic rings. The maximum atomic E-state index is 5.34. The molecule has 1 atom stereocenters. The molecule has 1 unspecified atom stereocenters. The highest BCUT2D eigenvalue weighted by Gasteiger charge is 2.24. The van der Waals surface area contributed by atoms with E-state index in [2.05, 4.69) is 43.0 Å². The molecule has 0 aliphatic heterocycles. The summed E-state index contributed by atoms with van der Waals surface area (Å²) in [5.41, 5.74) is 1.03. The van der Waals surface area contributed by atoms with Gasteiger partial charge in [0.25, 0.3) is 0 Å². The predicted molar refractivity (Wildman–Crippen MR) is 75.6 cm³/mol. The van der Waals surface area contributed by atoms with E-state index < -0.39 is 0 Å². The lowest BCUT2D eigenvalue weighted by Gasteiger charge is -2.26. The van der Waals surface area contributed by atoms with Crippen LogP contribution in [0.15, 0.2) is 6.20 Å². The highest BCUT2D eigenvalue weighted by atomic mass is 16.5. The van der Waals surface area contributed by atoms with Crippen LogP contribution in [0.2, 0.25) is 0 Å². The van der Waals surface area contributed by atoms with Crippen LogP contribution < -0.4 is 14.8 Å². The highest BCUT2D eigenvalue weighted by molar-refractivity contribution is 5.26. The van der Waals surface area contributed by atoms with Crippen LogP contribution in [0.25, 0.3) is 0 Å². The van der Waals surface area contributed by atoms with Gasteiger partial charge in [-0.25, -0.2) is 4.98 Å². The van der Waals surface area contributed by atoms with Gasteiger partial charge in [0.1, 0.15) is 5.69 Å². The van der Waals surface area contributed by atoms with E-state index in [0.717, 1.165) is 18.7 Å².